The molecule has 2 aromatic carbocycles. The van der Waals surface area contributed by atoms with E-state index in [0.29, 0.717) is 36.0 Å². The molecule has 3 amide bonds. The van der Waals surface area contributed by atoms with Gasteiger partial charge in [-0.2, -0.15) is 0 Å². The molecule has 1 aliphatic rings. The fourth-order valence-electron chi connectivity index (χ4n) is 2.98. The summed E-state index contributed by atoms with van der Waals surface area (Å²) in [6.07, 6.45) is 3.60. The summed E-state index contributed by atoms with van der Waals surface area (Å²) in [5, 5.41) is 2.20. The van der Waals surface area contributed by atoms with E-state index in [1.807, 2.05) is 13.0 Å². The molecule has 1 fully saturated rings. The first-order chi connectivity index (χ1) is 15.5. The van der Waals surface area contributed by atoms with Crippen LogP contribution in [0.1, 0.15) is 32.3 Å². The number of para-hydroxylation sites is 1. The van der Waals surface area contributed by atoms with E-state index in [0.717, 1.165) is 29.5 Å². The van der Waals surface area contributed by atoms with E-state index in [4.69, 9.17) is 9.47 Å². The lowest BCUT2D eigenvalue weighted by atomic mass is 10.2. The summed E-state index contributed by atoms with van der Waals surface area (Å²) in [5.74, 6) is 0.290. The number of rotatable bonds is 10. The van der Waals surface area contributed by atoms with Crippen LogP contribution < -0.4 is 14.8 Å². The molecule has 0 atom stereocenters. The molecule has 168 valence electrons. The first-order valence-corrected chi connectivity index (χ1v) is 11.3. The second-order valence-electron chi connectivity index (χ2n) is 7.02. The fourth-order valence-corrected chi connectivity index (χ4v) is 3.82. The standard InChI is InChI=1S/C24H26N2O5S/c1-3-5-13-31-19-12-11-17(14-20(19)30-4-2)15-21-23(28)26(24(29)32-21)16-22(27)25-18-9-7-6-8-10-18/h6-12,14-15H,3-5,13,16H2,1-2H3,(H,25,27). The lowest BCUT2D eigenvalue weighted by Crippen LogP contribution is -2.36. The molecule has 3 rings (SSSR count). The summed E-state index contributed by atoms with van der Waals surface area (Å²) < 4.78 is 11.5. The molecule has 0 saturated carbocycles. The Balaban J connectivity index is 1.70. The van der Waals surface area contributed by atoms with Crippen LogP contribution in [0.5, 0.6) is 11.5 Å². The lowest BCUT2D eigenvalue weighted by Gasteiger charge is -2.13. The topological polar surface area (TPSA) is 84.9 Å². The predicted octanol–water partition coefficient (Wildman–Crippen LogP) is 4.94. The molecule has 7 nitrogen and oxygen atoms in total. The molecule has 1 saturated heterocycles. The number of benzene rings is 2. The Labute approximate surface area is 191 Å². The molecule has 2 aromatic rings. The number of nitrogens with zero attached hydrogens (tertiary/aromatic N) is 1. The van der Waals surface area contributed by atoms with Gasteiger partial charge in [0, 0.05) is 5.69 Å². The Bertz CT molecular complexity index is 1010. The van der Waals surface area contributed by atoms with E-state index >= 15 is 0 Å². The number of carbonyl (C=O) groups excluding carboxylic acids is 3. The first-order valence-electron chi connectivity index (χ1n) is 10.5. The normalized spacial score (nSPS) is 14.7. The Kier molecular flexibility index (Phi) is 8.33. The summed E-state index contributed by atoms with van der Waals surface area (Å²) in [7, 11) is 0. The third kappa shape index (κ3) is 6.13. The van der Waals surface area contributed by atoms with Gasteiger partial charge in [-0.05, 0) is 61.0 Å². The van der Waals surface area contributed by atoms with Crippen LogP contribution in [0.4, 0.5) is 10.5 Å². The molecule has 0 unspecified atom stereocenters. The van der Waals surface area contributed by atoms with Gasteiger partial charge in [0.2, 0.25) is 5.91 Å². The van der Waals surface area contributed by atoms with E-state index in [1.54, 1.807) is 48.5 Å². The molecular formula is C24H26N2O5S. The molecule has 0 aromatic heterocycles. The van der Waals surface area contributed by atoms with Crippen LogP contribution in [0.3, 0.4) is 0 Å². The zero-order chi connectivity index (χ0) is 22.9. The van der Waals surface area contributed by atoms with Crippen LogP contribution in [-0.4, -0.2) is 41.7 Å². The van der Waals surface area contributed by atoms with Gasteiger partial charge in [0.25, 0.3) is 11.1 Å². The van der Waals surface area contributed by atoms with Gasteiger partial charge < -0.3 is 14.8 Å². The van der Waals surface area contributed by atoms with Crippen LogP contribution in [0.15, 0.2) is 53.4 Å². The van der Waals surface area contributed by atoms with Gasteiger partial charge in [-0.1, -0.05) is 37.6 Å². The second kappa shape index (κ2) is 11.4. The van der Waals surface area contributed by atoms with E-state index < -0.39 is 17.1 Å². The summed E-state index contributed by atoms with van der Waals surface area (Å²) in [4.78, 5) is 38.6. The second-order valence-corrected chi connectivity index (χ2v) is 8.02. The lowest BCUT2D eigenvalue weighted by molar-refractivity contribution is -0.127. The van der Waals surface area contributed by atoms with Crippen molar-refractivity contribution in [1.82, 2.24) is 4.90 Å². The van der Waals surface area contributed by atoms with Crippen molar-refractivity contribution in [1.29, 1.82) is 0 Å². The number of ether oxygens (including phenoxy) is 2. The number of carbonyl (C=O) groups is 3. The number of hydrogen-bond acceptors (Lipinski definition) is 6. The number of amides is 3. The van der Waals surface area contributed by atoms with Gasteiger partial charge in [-0.3, -0.25) is 19.3 Å². The van der Waals surface area contributed by atoms with Crippen molar-refractivity contribution < 1.29 is 23.9 Å². The molecule has 1 aliphatic heterocycles. The van der Waals surface area contributed by atoms with Gasteiger partial charge in [-0.25, -0.2) is 0 Å². The smallest absolute Gasteiger partial charge is 0.294 e. The maximum atomic E-state index is 12.7. The maximum Gasteiger partial charge on any atom is 0.294 e. The molecule has 0 bridgehead atoms. The Hall–Kier alpha value is -3.26. The summed E-state index contributed by atoms with van der Waals surface area (Å²) >= 11 is 0.812. The highest BCUT2D eigenvalue weighted by atomic mass is 32.2. The van der Waals surface area contributed by atoms with Gasteiger partial charge >= 0.3 is 0 Å². The molecular weight excluding hydrogens is 428 g/mol. The third-order valence-electron chi connectivity index (χ3n) is 4.55. The summed E-state index contributed by atoms with van der Waals surface area (Å²) in [6, 6.07) is 14.3. The van der Waals surface area contributed by atoms with Crippen LogP contribution in [0.25, 0.3) is 6.08 Å². The monoisotopic (exact) mass is 454 g/mol. The minimum atomic E-state index is -0.496. The van der Waals surface area contributed by atoms with Crippen molar-refractivity contribution in [2.45, 2.75) is 26.7 Å². The highest BCUT2D eigenvalue weighted by Crippen LogP contribution is 2.34. The van der Waals surface area contributed by atoms with Gasteiger partial charge in [-0.15, -0.1) is 0 Å². The van der Waals surface area contributed by atoms with Gasteiger partial charge in [0.15, 0.2) is 11.5 Å². The first kappa shape index (κ1) is 23.4. The molecule has 0 spiro atoms. The Morgan fingerprint density at radius 3 is 2.56 bits per heavy atom. The van der Waals surface area contributed by atoms with Crippen LogP contribution in [0, 0.1) is 0 Å². The van der Waals surface area contributed by atoms with E-state index in [-0.39, 0.29) is 11.4 Å². The summed E-state index contributed by atoms with van der Waals surface area (Å²) in [6.45, 7) is 4.70. The SMILES string of the molecule is CCCCOc1ccc(C=C2SC(=O)N(CC(=O)Nc3ccccc3)C2=O)cc1OCC. The van der Waals surface area contributed by atoms with E-state index in [2.05, 4.69) is 12.2 Å². The summed E-state index contributed by atoms with van der Waals surface area (Å²) in [5.41, 5.74) is 1.31. The highest BCUT2D eigenvalue weighted by molar-refractivity contribution is 8.18. The Morgan fingerprint density at radius 2 is 1.84 bits per heavy atom. The zero-order valence-electron chi connectivity index (χ0n) is 18.1. The largest absolute Gasteiger partial charge is 0.490 e. The molecule has 0 radical (unpaired) electrons. The molecule has 8 heteroatoms. The number of hydrogen-bond donors (Lipinski definition) is 1. The molecule has 1 N–H and O–H groups in total. The predicted molar refractivity (Wildman–Crippen MR) is 126 cm³/mol. The minimum Gasteiger partial charge on any atom is -0.490 e. The van der Waals surface area contributed by atoms with Crippen molar-refractivity contribution in [3.05, 3.63) is 59.0 Å². The minimum absolute atomic E-state index is 0.254. The zero-order valence-corrected chi connectivity index (χ0v) is 18.9. The number of thioether (sulfide) groups is 1. The quantitative estimate of drug-likeness (QED) is 0.404. The Morgan fingerprint density at radius 1 is 1.06 bits per heavy atom. The average molecular weight is 455 g/mol. The van der Waals surface area contributed by atoms with Crippen LogP contribution in [0.2, 0.25) is 0 Å². The van der Waals surface area contributed by atoms with E-state index in [9.17, 15) is 14.4 Å². The van der Waals surface area contributed by atoms with Crippen molar-refractivity contribution in [3.63, 3.8) is 0 Å². The maximum absolute atomic E-state index is 12.7. The van der Waals surface area contributed by atoms with Crippen molar-refractivity contribution in [2.24, 2.45) is 0 Å². The third-order valence-corrected chi connectivity index (χ3v) is 5.46. The van der Waals surface area contributed by atoms with Gasteiger partial charge in [0.05, 0.1) is 18.1 Å². The molecule has 32 heavy (non-hydrogen) atoms. The average Bonchev–Trinajstić information content (AvgIpc) is 3.03. The van der Waals surface area contributed by atoms with Crippen LogP contribution in [-0.2, 0) is 9.59 Å². The highest BCUT2D eigenvalue weighted by Gasteiger charge is 2.36. The van der Waals surface area contributed by atoms with Crippen molar-refractivity contribution in [2.75, 3.05) is 25.1 Å². The van der Waals surface area contributed by atoms with Crippen molar-refractivity contribution >= 4 is 40.6 Å². The number of anilines is 1. The van der Waals surface area contributed by atoms with Crippen LogP contribution >= 0.6 is 11.8 Å². The number of imide groups is 1. The van der Waals surface area contributed by atoms with Gasteiger partial charge in [0.1, 0.15) is 6.54 Å². The van der Waals surface area contributed by atoms with E-state index in [1.165, 1.54) is 0 Å². The molecule has 1 heterocycles. The van der Waals surface area contributed by atoms with Crippen molar-refractivity contribution in [3.8, 4) is 11.5 Å². The fraction of sp³-hybridized carbons (Fsp3) is 0.292. The molecule has 0 aliphatic carbocycles. The number of unbranched alkanes of at least 4 members (excludes halogenated alkanes) is 1. The number of nitrogens with one attached hydrogen (secondary N) is 1.